The Morgan fingerprint density at radius 2 is 2.41 bits per heavy atom. The number of anilines is 2. The maximum atomic E-state index is 11.6. The van der Waals surface area contributed by atoms with Crippen LogP contribution in [0, 0.1) is 0 Å². The molecule has 6 heteroatoms. The fourth-order valence-corrected chi connectivity index (χ4v) is 1.72. The number of carbonyl (C=O) groups excluding carboxylic acids is 1. The summed E-state index contributed by atoms with van der Waals surface area (Å²) in [4.78, 5) is 17.4. The van der Waals surface area contributed by atoms with Gasteiger partial charge < -0.3 is 16.0 Å². The summed E-state index contributed by atoms with van der Waals surface area (Å²) < 4.78 is 0. The predicted octanol–water partition coefficient (Wildman–Crippen LogP) is 1.03. The van der Waals surface area contributed by atoms with E-state index in [4.69, 9.17) is 17.3 Å². The molecular formula is C11H15ClN4O. The molecule has 1 aromatic heterocycles. The smallest absolute Gasteiger partial charge is 0.239 e. The monoisotopic (exact) mass is 254 g/mol. The number of nitrogens with zero attached hydrogens (tertiary/aromatic N) is 2. The van der Waals surface area contributed by atoms with E-state index in [0.717, 1.165) is 12.8 Å². The first-order valence-electron chi connectivity index (χ1n) is 5.48. The topological polar surface area (TPSA) is 71.2 Å². The fraction of sp³-hybridized carbons (Fsp3) is 0.455. The van der Waals surface area contributed by atoms with E-state index >= 15 is 0 Å². The lowest BCUT2D eigenvalue weighted by molar-refractivity contribution is -0.119. The van der Waals surface area contributed by atoms with Gasteiger partial charge in [-0.3, -0.25) is 4.79 Å². The second kappa shape index (κ2) is 4.79. The van der Waals surface area contributed by atoms with Gasteiger partial charge in [0.2, 0.25) is 5.91 Å². The molecule has 1 fully saturated rings. The molecule has 92 valence electrons. The minimum Gasteiger partial charge on any atom is -0.396 e. The number of halogens is 1. The highest BCUT2D eigenvalue weighted by molar-refractivity contribution is 6.30. The van der Waals surface area contributed by atoms with Gasteiger partial charge in [-0.1, -0.05) is 11.6 Å². The van der Waals surface area contributed by atoms with Crippen LogP contribution >= 0.6 is 11.6 Å². The third-order valence-corrected chi connectivity index (χ3v) is 2.75. The molecule has 1 amide bonds. The van der Waals surface area contributed by atoms with Crippen LogP contribution in [0.3, 0.4) is 0 Å². The lowest BCUT2D eigenvalue weighted by Crippen LogP contribution is -2.36. The third-order valence-electron chi connectivity index (χ3n) is 2.55. The van der Waals surface area contributed by atoms with Gasteiger partial charge in [0.1, 0.15) is 0 Å². The number of pyridine rings is 1. The van der Waals surface area contributed by atoms with Crippen molar-refractivity contribution < 1.29 is 4.79 Å². The zero-order valence-electron chi connectivity index (χ0n) is 9.61. The standard InChI is InChI=1S/C11H15ClN4O/c1-16(6-10(17)15-8-2-3-8)11-9(13)4-7(12)5-14-11/h4-5,8H,2-3,6,13H2,1H3,(H,15,17). The van der Waals surface area contributed by atoms with Gasteiger partial charge in [0.05, 0.1) is 17.3 Å². The van der Waals surface area contributed by atoms with E-state index < -0.39 is 0 Å². The van der Waals surface area contributed by atoms with E-state index in [1.54, 1.807) is 18.0 Å². The molecule has 0 spiro atoms. The maximum absolute atomic E-state index is 11.6. The number of rotatable bonds is 4. The molecule has 1 aliphatic rings. The average molecular weight is 255 g/mol. The molecule has 3 N–H and O–H groups in total. The predicted molar refractivity (Wildman–Crippen MR) is 68.1 cm³/mol. The number of nitrogen functional groups attached to an aromatic ring is 1. The first-order valence-corrected chi connectivity index (χ1v) is 5.85. The van der Waals surface area contributed by atoms with Gasteiger partial charge in [-0.2, -0.15) is 0 Å². The number of nitrogens with one attached hydrogen (secondary N) is 1. The van der Waals surface area contributed by atoms with Gasteiger partial charge in [-0.15, -0.1) is 0 Å². The Hall–Kier alpha value is -1.49. The molecule has 0 bridgehead atoms. The summed E-state index contributed by atoms with van der Waals surface area (Å²) in [5.41, 5.74) is 6.26. The van der Waals surface area contributed by atoms with Crippen molar-refractivity contribution >= 4 is 29.0 Å². The normalized spacial score (nSPS) is 14.5. The van der Waals surface area contributed by atoms with Crippen LogP contribution in [0.2, 0.25) is 5.02 Å². The molecule has 0 aliphatic heterocycles. The van der Waals surface area contributed by atoms with E-state index in [0.29, 0.717) is 22.6 Å². The molecular weight excluding hydrogens is 240 g/mol. The Balaban J connectivity index is 1.97. The summed E-state index contributed by atoms with van der Waals surface area (Å²) in [6.45, 7) is 0.245. The highest BCUT2D eigenvalue weighted by atomic mass is 35.5. The molecule has 1 saturated carbocycles. The zero-order chi connectivity index (χ0) is 12.4. The van der Waals surface area contributed by atoms with Gasteiger partial charge in [-0.25, -0.2) is 4.98 Å². The van der Waals surface area contributed by atoms with E-state index in [9.17, 15) is 4.79 Å². The van der Waals surface area contributed by atoms with Crippen molar-refractivity contribution in [2.24, 2.45) is 0 Å². The molecule has 0 atom stereocenters. The Kier molecular flexibility index (Phi) is 3.38. The zero-order valence-corrected chi connectivity index (χ0v) is 10.4. The van der Waals surface area contributed by atoms with Crippen molar-refractivity contribution in [3.63, 3.8) is 0 Å². The van der Waals surface area contributed by atoms with Crippen LogP contribution in [0.15, 0.2) is 12.3 Å². The molecule has 0 saturated heterocycles. The number of aromatic nitrogens is 1. The van der Waals surface area contributed by atoms with Crippen LogP contribution in [-0.4, -0.2) is 30.5 Å². The number of nitrogens with two attached hydrogens (primary N) is 1. The fourth-order valence-electron chi connectivity index (χ4n) is 1.56. The van der Waals surface area contributed by atoms with E-state index in [1.165, 1.54) is 6.20 Å². The SMILES string of the molecule is CN(CC(=O)NC1CC1)c1ncc(Cl)cc1N. The number of amides is 1. The van der Waals surface area contributed by atoms with Crippen LogP contribution in [0.5, 0.6) is 0 Å². The minimum absolute atomic E-state index is 0.00819. The highest BCUT2D eigenvalue weighted by Crippen LogP contribution is 2.22. The third kappa shape index (κ3) is 3.23. The summed E-state index contributed by atoms with van der Waals surface area (Å²) in [6.07, 6.45) is 3.68. The van der Waals surface area contributed by atoms with Gasteiger partial charge in [0.25, 0.3) is 0 Å². The van der Waals surface area contributed by atoms with Crippen LogP contribution in [0.25, 0.3) is 0 Å². The average Bonchev–Trinajstić information content (AvgIpc) is 3.00. The van der Waals surface area contributed by atoms with E-state index in [2.05, 4.69) is 10.3 Å². The lowest BCUT2D eigenvalue weighted by Gasteiger charge is -2.19. The molecule has 17 heavy (non-hydrogen) atoms. The summed E-state index contributed by atoms with van der Waals surface area (Å²) in [7, 11) is 1.78. The summed E-state index contributed by atoms with van der Waals surface area (Å²) >= 11 is 5.76. The van der Waals surface area contributed by atoms with Gasteiger partial charge in [0.15, 0.2) is 5.82 Å². The number of hydrogen-bond acceptors (Lipinski definition) is 4. The first kappa shape index (κ1) is 12.0. The quantitative estimate of drug-likeness (QED) is 0.842. The molecule has 1 heterocycles. The first-order chi connectivity index (χ1) is 8.06. The van der Waals surface area contributed by atoms with Crippen molar-refractivity contribution in [2.45, 2.75) is 18.9 Å². The molecule has 5 nitrogen and oxygen atoms in total. The van der Waals surface area contributed by atoms with Gasteiger partial charge in [0, 0.05) is 19.3 Å². The minimum atomic E-state index is -0.00819. The Morgan fingerprint density at radius 1 is 1.71 bits per heavy atom. The van der Waals surface area contributed by atoms with Gasteiger partial charge in [-0.05, 0) is 18.9 Å². The lowest BCUT2D eigenvalue weighted by atomic mass is 10.3. The maximum Gasteiger partial charge on any atom is 0.239 e. The molecule has 1 aliphatic carbocycles. The van der Waals surface area contributed by atoms with Crippen LogP contribution in [-0.2, 0) is 4.79 Å². The van der Waals surface area contributed by atoms with Crippen molar-refractivity contribution in [1.82, 2.24) is 10.3 Å². The van der Waals surface area contributed by atoms with Crippen LogP contribution in [0.1, 0.15) is 12.8 Å². The number of hydrogen-bond donors (Lipinski definition) is 2. The number of carbonyl (C=O) groups is 1. The largest absolute Gasteiger partial charge is 0.396 e. The van der Waals surface area contributed by atoms with Gasteiger partial charge >= 0.3 is 0 Å². The second-order valence-corrected chi connectivity index (χ2v) is 4.70. The highest BCUT2D eigenvalue weighted by Gasteiger charge is 2.23. The van der Waals surface area contributed by atoms with Crippen molar-refractivity contribution in [1.29, 1.82) is 0 Å². The molecule has 0 aromatic carbocycles. The van der Waals surface area contributed by atoms with Crippen molar-refractivity contribution in [3.05, 3.63) is 17.3 Å². The second-order valence-electron chi connectivity index (χ2n) is 4.26. The Bertz CT molecular complexity index is 433. The summed E-state index contributed by atoms with van der Waals surface area (Å²) in [6, 6.07) is 1.99. The number of likely N-dealkylation sites (N-methyl/N-ethyl adjacent to an activating group) is 1. The summed E-state index contributed by atoms with van der Waals surface area (Å²) in [5.74, 6) is 0.562. The Morgan fingerprint density at radius 3 is 3.00 bits per heavy atom. The molecule has 0 unspecified atom stereocenters. The van der Waals surface area contributed by atoms with Crippen LogP contribution in [0.4, 0.5) is 11.5 Å². The molecule has 2 rings (SSSR count). The molecule has 0 radical (unpaired) electrons. The Labute approximate surface area is 105 Å². The van der Waals surface area contributed by atoms with Crippen molar-refractivity contribution in [3.8, 4) is 0 Å². The molecule has 1 aromatic rings. The van der Waals surface area contributed by atoms with E-state index in [-0.39, 0.29) is 12.5 Å². The van der Waals surface area contributed by atoms with Crippen molar-refractivity contribution in [2.75, 3.05) is 24.2 Å². The summed E-state index contributed by atoms with van der Waals surface area (Å²) in [5, 5.41) is 3.40. The van der Waals surface area contributed by atoms with Crippen LogP contribution < -0.4 is 16.0 Å². The van der Waals surface area contributed by atoms with E-state index in [1.807, 2.05) is 0 Å².